The van der Waals surface area contributed by atoms with Gasteiger partial charge < -0.3 is 15.5 Å². The standard InChI is InChI=1S/C16H17NO2S/c18-9-7-11-5-6-12(8-10-19)16-15(11)17-13-3-1-2-4-14(13)20-16/h1-6,17-19H,7-10H2. The molecule has 3 N–H and O–H groups in total. The van der Waals surface area contributed by atoms with E-state index in [-0.39, 0.29) is 13.2 Å². The third-order valence-corrected chi connectivity index (χ3v) is 4.69. The van der Waals surface area contributed by atoms with Crippen LogP contribution < -0.4 is 5.32 Å². The van der Waals surface area contributed by atoms with Crippen LogP contribution in [-0.4, -0.2) is 23.4 Å². The number of hydrogen-bond acceptors (Lipinski definition) is 4. The first-order valence-corrected chi connectivity index (χ1v) is 7.55. The molecular formula is C16H17NO2S. The number of aliphatic hydroxyl groups excluding tert-OH is 2. The Hall–Kier alpha value is -1.49. The van der Waals surface area contributed by atoms with Crippen LogP contribution >= 0.6 is 11.8 Å². The highest BCUT2D eigenvalue weighted by Crippen LogP contribution is 2.47. The average Bonchev–Trinajstić information content (AvgIpc) is 2.48. The first kappa shape index (κ1) is 13.5. The minimum atomic E-state index is 0.139. The zero-order chi connectivity index (χ0) is 13.9. The van der Waals surface area contributed by atoms with Gasteiger partial charge in [0.05, 0.1) is 11.4 Å². The Labute approximate surface area is 122 Å². The Morgan fingerprint density at radius 2 is 1.60 bits per heavy atom. The van der Waals surface area contributed by atoms with Gasteiger partial charge in [0.2, 0.25) is 0 Å². The minimum Gasteiger partial charge on any atom is -0.396 e. The van der Waals surface area contributed by atoms with E-state index in [1.54, 1.807) is 11.8 Å². The lowest BCUT2D eigenvalue weighted by molar-refractivity contribution is 0.297. The van der Waals surface area contributed by atoms with Gasteiger partial charge >= 0.3 is 0 Å². The van der Waals surface area contributed by atoms with E-state index in [1.165, 1.54) is 9.79 Å². The number of para-hydroxylation sites is 1. The molecule has 2 aromatic carbocycles. The van der Waals surface area contributed by atoms with Gasteiger partial charge in [-0.1, -0.05) is 36.0 Å². The van der Waals surface area contributed by atoms with Gasteiger partial charge in [0.15, 0.2) is 0 Å². The summed E-state index contributed by atoms with van der Waals surface area (Å²) in [7, 11) is 0. The van der Waals surface area contributed by atoms with E-state index < -0.39 is 0 Å². The summed E-state index contributed by atoms with van der Waals surface area (Å²) in [5, 5.41) is 21.9. The third kappa shape index (κ3) is 2.42. The number of hydrogen-bond donors (Lipinski definition) is 3. The molecule has 20 heavy (non-hydrogen) atoms. The normalized spacial score (nSPS) is 12.5. The van der Waals surface area contributed by atoms with Crippen LogP contribution in [0.3, 0.4) is 0 Å². The molecule has 1 heterocycles. The van der Waals surface area contributed by atoms with E-state index in [4.69, 9.17) is 0 Å². The van der Waals surface area contributed by atoms with Gasteiger partial charge in [0, 0.05) is 23.0 Å². The summed E-state index contributed by atoms with van der Waals surface area (Å²) < 4.78 is 0. The molecule has 0 atom stereocenters. The second-order valence-electron chi connectivity index (χ2n) is 4.76. The lowest BCUT2D eigenvalue weighted by atomic mass is 10.0. The molecule has 0 aliphatic carbocycles. The fourth-order valence-electron chi connectivity index (χ4n) is 2.47. The second-order valence-corrected chi connectivity index (χ2v) is 5.81. The van der Waals surface area contributed by atoms with Crippen molar-refractivity contribution in [3.05, 3.63) is 47.5 Å². The van der Waals surface area contributed by atoms with Gasteiger partial charge in [-0.15, -0.1) is 0 Å². The summed E-state index contributed by atoms with van der Waals surface area (Å²) in [5.41, 5.74) is 4.45. The van der Waals surface area contributed by atoms with Crippen LogP contribution in [0, 0.1) is 0 Å². The van der Waals surface area contributed by atoms with E-state index in [1.807, 2.05) is 18.2 Å². The second kappa shape index (κ2) is 5.87. The highest BCUT2D eigenvalue weighted by Gasteiger charge is 2.20. The Kier molecular flexibility index (Phi) is 3.96. The summed E-state index contributed by atoms with van der Waals surface area (Å²) in [6, 6.07) is 12.3. The molecule has 0 aromatic heterocycles. The molecule has 3 nitrogen and oxygen atoms in total. The lowest BCUT2D eigenvalue weighted by Gasteiger charge is -2.25. The van der Waals surface area contributed by atoms with Gasteiger partial charge in [-0.3, -0.25) is 0 Å². The number of rotatable bonds is 4. The predicted molar refractivity (Wildman–Crippen MR) is 81.9 cm³/mol. The van der Waals surface area contributed by atoms with Crippen molar-refractivity contribution in [3.8, 4) is 0 Å². The molecule has 1 aliphatic rings. The van der Waals surface area contributed by atoms with Crippen molar-refractivity contribution in [3.63, 3.8) is 0 Å². The first-order chi connectivity index (χ1) is 9.83. The van der Waals surface area contributed by atoms with E-state index in [9.17, 15) is 10.2 Å². The number of aliphatic hydroxyl groups is 2. The molecule has 0 saturated carbocycles. The summed E-state index contributed by atoms with van der Waals surface area (Å²) >= 11 is 1.73. The van der Waals surface area contributed by atoms with Crippen LogP contribution in [0.2, 0.25) is 0 Å². The maximum atomic E-state index is 9.22. The Bertz CT molecular complexity index is 574. The zero-order valence-electron chi connectivity index (χ0n) is 11.1. The lowest BCUT2D eigenvalue weighted by Crippen LogP contribution is -2.07. The molecule has 2 aromatic rings. The topological polar surface area (TPSA) is 52.5 Å². The Morgan fingerprint density at radius 1 is 0.900 bits per heavy atom. The van der Waals surface area contributed by atoms with E-state index in [2.05, 4.69) is 23.5 Å². The van der Waals surface area contributed by atoms with Crippen molar-refractivity contribution in [2.45, 2.75) is 22.6 Å². The SMILES string of the molecule is OCCc1ccc(CCO)c2c1Nc1ccccc1S2. The van der Waals surface area contributed by atoms with Gasteiger partial charge in [0.1, 0.15) is 0 Å². The van der Waals surface area contributed by atoms with Crippen LogP contribution in [0.1, 0.15) is 11.1 Å². The number of benzene rings is 2. The van der Waals surface area contributed by atoms with Crippen molar-refractivity contribution < 1.29 is 10.2 Å². The largest absolute Gasteiger partial charge is 0.396 e. The van der Waals surface area contributed by atoms with Crippen LogP contribution in [0.15, 0.2) is 46.2 Å². The van der Waals surface area contributed by atoms with Gasteiger partial charge in [-0.2, -0.15) is 0 Å². The maximum Gasteiger partial charge on any atom is 0.0562 e. The van der Waals surface area contributed by atoms with Crippen molar-refractivity contribution in [2.24, 2.45) is 0 Å². The number of anilines is 2. The summed E-state index contributed by atoms with van der Waals surface area (Å²) in [4.78, 5) is 2.36. The van der Waals surface area contributed by atoms with Crippen molar-refractivity contribution >= 4 is 23.1 Å². The summed E-state index contributed by atoms with van der Waals surface area (Å²) in [6.45, 7) is 0.285. The smallest absolute Gasteiger partial charge is 0.0562 e. The van der Waals surface area contributed by atoms with Gasteiger partial charge in [0.25, 0.3) is 0 Å². The molecule has 104 valence electrons. The maximum absolute atomic E-state index is 9.22. The molecule has 0 amide bonds. The van der Waals surface area contributed by atoms with Crippen molar-refractivity contribution in [1.82, 2.24) is 0 Å². The minimum absolute atomic E-state index is 0.139. The molecule has 0 fully saturated rings. The molecular weight excluding hydrogens is 270 g/mol. The molecule has 3 rings (SSSR count). The Balaban J connectivity index is 2.08. The van der Waals surface area contributed by atoms with Gasteiger partial charge in [-0.25, -0.2) is 0 Å². The molecule has 0 radical (unpaired) electrons. The van der Waals surface area contributed by atoms with E-state index in [0.29, 0.717) is 12.8 Å². The molecule has 0 saturated heterocycles. The van der Waals surface area contributed by atoms with Gasteiger partial charge in [-0.05, 0) is 36.1 Å². The molecule has 1 aliphatic heterocycles. The van der Waals surface area contributed by atoms with E-state index in [0.717, 1.165) is 22.5 Å². The van der Waals surface area contributed by atoms with E-state index >= 15 is 0 Å². The molecule has 4 heteroatoms. The van der Waals surface area contributed by atoms with Crippen LogP contribution in [0.5, 0.6) is 0 Å². The Morgan fingerprint density at radius 3 is 2.40 bits per heavy atom. The fourth-order valence-corrected chi connectivity index (χ4v) is 3.65. The molecule has 0 bridgehead atoms. The highest BCUT2D eigenvalue weighted by molar-refractivity contribution is 7.99. The summed E-state index contributed by atoms with van der Waals surface area (Å²) in [6.07, 6.45) is 1.29. The zero-order valence-corrected chi connectivity index (χ0v) is 11.9. The number of nitrogens with one attached hydrogen (secondary N) is 1. The fraction of sp³-hybridized carbons (Fsp3) is 0.250. The number of fused-ring (bicyclic) bond motifs is 2. The van der Waals surface area contributed by atoms with Crippen molar-refractivity contribution in [1.29, 1.82) is 0 Å². The summed E-state index contributed by atoms with van der Waals surface area (Å²) in [5.74, 6) is 0. The average molecular weight is 287 g/mol. The van der Waals surface area contributed by atoms with Crippen molar-refractivity contribution in [2.75, 3.05) is 18.5 Å². The predicted octanol–water partition coefficient (Wildman–Crippen LogP) is 2.96. The quantitative estimate of drug-likeness (QED) is 0.690. The van der Waals surface area contributed by atoms with Crippen LogP contribution in [-0.2, 0) is 12.8 Å². The first-order valence-electron chi connectivity index (χ1n) is 6.74. The molecule has 0 unspecified atom stereocenters. The van der Waals surface area contributed by atoms with Crippen LogP contribution in [0.25, 0.3) is 0 Å². The van der Waals surface area contributed by atoms with Crippen LogP contribution in [0.4, 0.5) is 11.4 Å². The monoisotopic (exact) mass is 287 g/mol. The third-order valence-electron chi connectivity index (χ3n) is 3.45. The molecule has 0 spiro atoms. The highest BCUT2D eigenvalue weighted by atomic mass is 32.2.